The fraction of sp³-hybridized carbons (Fsp3) is 0.771. The van der Waals surface area contributed by atoms with Crippen molar-refractivity contribution in [2.75, 3.05) is 0 Å². The zero-order valence-electron chi connectivity index (χ0n) is 25.7. The first-order valence-corrected chi connectivity index (χ1v) is 16.5. The number of hydrogen-bond acceptors (Lipinski definition) is 3. The van der Waals surface area contributed by atoms with Gasteiger partial charge in [0.15, 0.2) is 0 Å². The van der Waals surface area contributed by atoms with Crippen LogP contribution in [0.1, 0.15) is 168 Å². The SMILES string of the molecule is CC/C=C\C/C=C\C/C=C\CCCCCC(=O)OC(CCCCCCCCCC)CCCCCCCC(=O)O. The van der Waals surface area contributed by atoms with Crippen LogP contribution in [-0.4, -0.2) is 23.1 Å². The van der Waals surface area contributed by atoms with Crippen molar-refractivity contribution in [2.24, 2.45) is 0 Å². The van der Waals surface area contributed by atoms with Crippen LogP contribution >= 0.6 is 0 Å². The summed E-state index contributed by atoms with van der Waals surface area (Å²) in [6, 6.07) is 0. The van der Waals surface area contributed by atoms with Crippen molar-refractivity contribution >= 4 is 11.9 Å². The molecule has 0 aromatic carbocycles. The molecule has 0 rings (SSSR count). The molecule has 0 spiro atoms. The van der Waals surface area contributed by atoms with Gasteiger partial charge in [-0.3, -0.25) is 9.59 Å². The molecule has 0 aromatic rings. The summed E-state index contributed by atoms with van der Waals surface area (Å²) >= 11 is 0. The molecular formula is C35H62O4. The molecule has 1 N–H and O–H groups in total. The van der Waals surface area contributed by atoms with Gasteiger partial charge in [0.1, 0.15) is 6.10 Å². The Balaban J connectivity index is 4.10. The summed E-state index contributed by atoms with van der Waals surface area (Å²) in [6.45, 7) is 4.41. The van der Waals surface area contributed by atoms with E-state index < -0.39 is 5.97 Å². The lowest BCUT2D eigenvalue weighted by Gasteiger charge is -2.18. The fourth-order valence-corrected chi connectivity index (χ4v) is 4.73. The van der Waals surface area contributed by atoms with Crippen LogP contribution in [0, 0.1) is 0 Å². The molecule has 4 nitrogen and oxygen atoms in total. The highest BCUT2D eigenvalue weighted by Crippen LogP contribution is 2.18. The molecule has 0 heterocycles. The van der Waals surface area contributed by atoms with Gasteiger partial charge in [-0.2, -0.15) is 0 Å². The van der Waals surface area contributed by atoms with Gasteiger partial charge < -0.3 is 9.84 Å². The monoisotopic (exact) mass is 546 g/mol. The van der Waals surface area contributed by atoms with Crippen LogP contribution in [0.25, 0.3) is 0 Å². The third-order valence-electron chi connectivity index (χ3n) is 7.13. The maximum absolute atomic E-state index is 12.5. The van der Waals surface area contributed by atoms with Crippen LogP contribution in [0.3, 0.4) is 0 Å². The van der Waals surface area contributed by atoms with Gasteiger partial charge in [-0.1, -0.05) is 121 Å². The first-order chi connectivity index (χ1) is 19.1. The molecule has 226 valence electrons. The van der Waals surface area contributed by atoms with E-state index in [1.54, 1.807) is 0 Å². The Labute approximate surface area is 241 Å². The Morgan fingerprint density at radius 1 is 0.590 bits per heavy atom. The van der Waals surface area contributed by atoms with Crippen LogP contribution in [-0.2, 0) is 14.3 Å². The zero-order chi connectivity index (χ0) is 28.7. The number of carbonyl (C=O) groups excluding carboxylic acids is 1. The van der Waals surface area contributed by atoms with Crippen molar-refractivity contribution in [3.63, 3.8) is 0 Å². The van der Waals surface area contributed by atoms with Crippen molar-refractivity contribution in [3.05, 3.63) is 36.5 Å². The van der Waals surface area contributed by atoms with E-state index >= 15 is 0 Å². The highest BCUT2D eigenvalue weighted by atomic mass is 16.5. The minimum absolute atomic E-state index is 0.0289. The predicted molar refractivity (Wildman–Crippen MR) is 167 cm³/mol. The summed E-state index contributed by atoms with van der Waals surface area (Å²) < 4.78 is 5.93. The van der Waals surface area contributed by atoms with Gasteiger partial charge >= 0.3 is 11.9 Å². The number of ether oxygens (including phenoxy) is 1. The predicted octanol–water partition coefficient (Wildman–Crippen LogP) is 11.1. The molecule has 0 aliphatic carbocycles. The molecule has 4 heteroatoms. The number of esters is 1. The van der Waals surface area contributed by atoms with Gasteiger partial charge in [0.2, 0.25) is 0 Å². The summed E-state index contributed by atoms with van der Waals surface area (Å²) in [5.74, 6) is -0.735. The topological polar surface area (TPSA) is 63.6 Å². The number of carboxylic acid groups (broad SMARTS) is 1. The second-order valence-corrected chi connectivity index (χ2v) is 11.0. The van der Waals surface area contributed by atoms with Gasteiger partial charge in [0.25, 0.3) is 0 Å². The van der Waals surface area contributed by atoms with Crippen molar-refractivity contribution in [1.82, 2.24) is 0 Å². The first-order valence-electron chi connectivity index (χ1n) is 16.5. The van der Waals surface area contributed by atoms with Crippen LogP contribution < -0.4 is 0 Å². The van der Waals surface area contributed by atoms with Crippen molar-refractivity contribution in [1.29, 1.82) is 0 Å². The average molecular weight is 547 g/mol. The van der Waals surface area contributed by atoms with Gasteiger partial charge in [0, 0.05) is 12.8 Å². The van der Waals surface area contributed by atoms with Gasteiger partial charge in [-0.15, -0.1) is 0 Å². The Hall–Kier alpha value is -1.84. The van der Waals surface area contributed by atoms with E-state index in [9.17, 15) is 9.59 Å². The van der Waals surface area contributed by atoms with Crippen molar-refractivity contribution in [3.8, 4) is 0 Å². The molecule has 0 aromatic heterocycles. The van der Waals surface area contributed by atoms with Crippen molar-refractivity contribution < 1.29 is 19.4 Å². The summed E-state index contributed by atoms with van der Waals surface area (Å²) in [7, 11) is 0. The quantitative estimate of drug-likeness (QED) is 0.0575. The van der Waals surface area contributed by atoms with Gasteiger partial charge in [-0.05, 0) is 70.6 Å². The number of carbonyl (C=O) groups is 2. The van der Waals surface area contributed by atoms with E-state index in [-0.39, 0.29) is 18.5 Å². The van der Waals surface area contributed by atoms with E-state index in [0.29, 0.717) is 6.42 Å². The number of hydrogen-bond donors (Lipinski definition) is 1. The highest BCUT2D eigenvalue weighted by Gasteiger charge is 2.14. The molecule has 39 heavy (non-hydrogen) atoms. The van der Waals surface area contributed by atoms with Gasteiger partial charge in [0.05, 0.1) is 0 Å². The van der Waals surface area contributed by atoms with E-state index in [0.717, 1.165) is 96.3 Å². The minimum atomic E-state index is -0.706. The fourth-order valence-electron chi connectivity index (χ4n) is 4.73. The smallest absolute Gasteiger partial charge is 0.306 e. The molecule has 0 saturated carbocycles. The van der Waals surface area contributed by atoms with Crippen LogP contribution in [0.4, 0.5) is 0 Å². The summed E-state index contributed by atoms with van der Waals surface area (Å²) in [4.78, 5) is 23.2. The molecule has 0 bridgehead atoms. The van der Waals surface area contributed by atoms with Gasteiger partial charge in [-0.25, -0.2) is 0 Å². The second kappa shape index (κ2) is 30.7. The van der Waals surface area contributed by atoms with E-state index in [4.69, 9.17) is 9.84 Å². The highest BCUT2D eigenvalue weighted by molar-refractivity contribution is 5.69. The third kappa shape index (κ3) is 30.6. The third-order valence-corrected chi connectivity index (χ3v) is 7.13. The maximum atomic E-state index is 12.5. The number of carboxylic acids is 1. The number of unbranched alkanes of at least 4 members (excludes halogenated alkanes) is 14. The normalized spacial score (nSPS) is 12.7. The lowest BCUT2D eigenvalue weighted by molar-refractivity contribution is -0.150. The summed E-state index contributed by atoms with van der Waals surface area (Å²) in [6.07, 6.45) is 38.6. The largest absolute Gasteiger partial charge is 0.481 e. The Bertz CT molecular complexity index is 635. The molecule has 0 radical (unpaired) electrons. The van der Waals surface area contributed by atoms with E-state index in [2.05, 4.69) is 50.3 Å². The molecular weight excluding hydrogens is 484 g/mol. The van der Waals surface area contributed by atoms with Crippen LogP contribution in [0.15, 0.2) is 36.5 Å². The van der Waals surface area contributed by atoms with E-state index in [1.807, 2.05) is 0 Å². The van der Waals surface area contributed by atoms with Crippen LogP contribution in [0.5, 0.6) is 0 Å². The van der Waals surface area contributed by atoms with Crippen molar-refractivity contribution in [2.45, 2.75) is 174 Å². The molecule has 0 saturated heterocycles. The maximum Gasteiger partial charge on any atom is 0.306 e. The zero-order valence-corrected chi connectivity index (χ0v) is 25.7. The summed E-state index contributed by atoms with van der Waals surface area (Å²) in [5, 5.41) is 8.76. The number of rotatable bonds is 29. The number of aliphatic carboxylic acids is 1. The molecule has 0 aliphatic heterocycles. The molecule has 0 fully saturated rings. The Morgan fingerprint density at radius 2 is 1.08 bits per heavy atom. The van der Waals surface area contributed by atoms with E-state index in [1.165, 1.54) is 44.9 Å². The average Bonchev–Trinajstić information content (AvgIpc) is 2.91. The lowest BCUT2D eigenvalue weighted by atomic mass is 10.0. The second-order valence-electron chi connectivity index (χ2n) is 11.0. The molecule has 0 aliphatic rings. The molecule has 1 atom stereocenters. The minimum Gasteiger partial charge on any atom is -0.481 e. The molecule has 1 unspecified atom stereocenters. The Kier molecular flexibility index (Phi) is 29.2. The number of allylic oxidation sites excluding steroid dienone is 6. The standard InChI is InChI=1S/C35H62O4/c1-3-5-7-9-11-13-14-15-16-17-19-24-28-32-35(38)39-33(29-25-21-18-12-10-8-6-4-2)30-26-22-20-23-27-31-34(36)37/h5,7,11,13,15-16,33H,3-4,6,8-10,12,14,17-32H2,1-2H3,(H,36,37)/b7-5-,13-11-,16-15-. The Morgan fingerprint density at radius 3 is 1.67 bits per heavy atom. The molecule has 0 amide bonds. The lowest BCUT2D eigenvalue weighted by Crippen LogP contribution is -2.18. The summed E-state index contributed by atoms with van der Waals surface area (Å²) in [5.41, 5.74) is 0. The van der Waals surface area contributed by atoms with Crippen LogP contribution in [0.2, 0.25) is 0 Å². The first kappa shape index (κ1) is 37.2.